The number of aryl methyl sites for hydroxylation is 1. The van der Waals surface area contributed by atoms with Gasteiger partial charge >= 0.3 is 6.18 Å². The van der Waals surface area contributed by atoms with Gasteiger partial charge in [0.1, 0.15) is 5.75 Å². The summed E-state index contributed by atoms with van der Waals surface area (Å²) in [6, 6.07) is 5.82. The molecule has 1 aromatic carbocycles. The number of hydrogen-bond donors (Lipinski definition) is 2. The lowest BCUT2D eigenvalue weighted by Crippen LogP contribution is -2.38. The molecule has 0 atom stereocenters. The average Bonchev–Trinajstić information content (AvgIpc) is 2.55. The molecule has 0 aliphatic carbocycles. The summed E-state index contributed by atoms with van der Waals surface area (Å²) in [5.41, 5.74) is 1.97. The largest absolute Gasteiger partial charge is 0.493 e. The summed E-state index contributed by atoms with van der Waals surface area (Å²) in [7, 11) is 3.15. The Kier molecular flexibility index (Phi) is 12.4. The Morgan fingerprint density at radius 3 is 2.54 bits per heavy atom. The van der Waals surface area contributed by atoms with Gasteiger partial charge in [-0.25, -0.2) is 0 Å². The summed E-state index contributed by atoms with van der Waals surface area (Å²) >= 11 is 0. The number of alkyl halides is 3. The highest BCUT2D eigenvalue weighted by molar-refractivity contribution is 14.0. The van der Waals surface area contributed by atoms with Crippen LogP contribution in [0.3, 0.4) is 0 Å². The zero-order valence-corrected chi connectivity index (χ0v) is 17.6. The summed E-state index contributed by atoms with van der Waals surface area (Å²) in [4.78, 5) is 3.93. The molecule has 1 aromatic rings. The van der Waals surface area contributed by atoms with Crippen LogP contribution >= 0.6 is 24.0 Å². The molecule has 0 aliphatic heterocycles. The van der Waals surface area contributed by atoms with Crippen LogP contribution < -0.4 is 15.4 Å². The van der Waals surface area contributed by atoms with Crippen LogP contribution in [0.5, 0.6) is 5.75 Å². The van der Waals surface area contributed by atoms with Crippen LogP contribution in [-0.2, 0) is 11.3 Å². The van der Waals surface area contributed by atoms with Crippen molar-refractivity contribution in [3.05, 3.63) is 29.3 Å². The predicted octanol–water partition coefficient (Wildman–Crippen LogP) is 3.65. The lowest BCUT2D eigenvalue weighted by molar-refractivity contribution is -0.132. The summed E-state index contributed by atoms with van der Waals surface area (Å²) in [6.07, 6.45) is -4.32. The molecule has 0 radical (unpaired) electrons. The number of aliphatic imine (C=N–C) groups is 1. The highest BCUT2D eigenvalue weighted by Crippen LogP contribution is 2.21. The predicted molar refractivity (Wildman–Crippen MR) is 107 cm³/mol. The molecule has 26 heavy (non-hydrogen) atoms. The molecule has 0 spiro atoms. The minimum atomic E-state index is -4.19. The van der Waals surface area contributed by atoms with E-state index < -0.39 is 12.6 Å². The van der Waals surface area contributed by atoms with Gasteiger partial charge in [-0.05, 0) is 18.6 Å². The van der Waals surface area contributed by atoms with Crippen molar-refractivity contribution in [1.82, 2.24) is 10.6 Å². The zero-order chi connectivity index (χ0) is 18.7. The summed E-state index contributed by atoms with van der Waals surface area (Å²) in [5, 5.41) is 5.65. The van der Waals surface area contributed by atoms with Crippen LogP contribution in [0.2, 0.25) is 0 Å². The van der Waals surface area contributed by atoms with E-state index in [9.17, 15) is 13.2 Å². The molecule has 0 amide bonds. The first-order valence-corrected chi connectivity index (χ1v) is 8.08. The standard InChI is InChI=1S/C17H26F3N3O2.HI/c1-13-5-6-14(15(11-13)25-10-4-9-24-3)12-23-16(21-2)22-8-7-17(18,19)20;/h5-6,11H,4,7-10,12H2,1-3H3,(H2,21,22,23);1H. The van der Waals surface area contributed by atoms with Crippen molar-refractivity contribution < 1.29 is 22.6 Å². The number of benzene rings is 1. The number of methoxy groups -OCH3 is 1. The summed E-state index contributed by atoms with van der Waals surface area (Å²) < 4.78 is 47.4. The molecule has 9 heteroatoms. The van der Waals surface area contributed by atoms with Crippen molar-refractivity contribution in [2.24, 2.45) is 4.99 Å². The van der Waals surface area contributed by atoms with E-state index in [1.807, 2.05) is 25.1 Å². The minimum Gasteiger partial charge on any atom is -0.493 e. The Morgan fingerprint density at radius 1 is 1.19 bits per heavy atom. The maximum Gasteiger partial charge on any atom is 0.390 e. The first-order chi connectivity index (χ1) is 11.9. The van der Waals surface area contributed by atoms with E-state index in [-0.39, 0.29) is 30.5 Å². The highest BCUT2D eigenvalue weighted by atomic mass is 127. The van der Waals surface area contributed by atoms with Gasteiger partial charge in [0, 0.05) is 45.8 Å². The van der Waals surface area contributed by atoms with Gasteiger partial charge in [-0.2, -0.15) is 13.2 Å². The van der Waals surface area contributed by atoms with Crippen LogP contribution in [0.1, 0.15) is 24.0 Å². The lowest BCUT2D eigenvalue weighted by Gasteiger charge is -2.16. The average molecular weight is 489 g/mol. The highest BCUT2D eigenvalue weighted by Gasteiger charge is 2.26. The van der Waals surface area contributed by atoms with Crippen molar-refractivity contribution in [2.75, 3.05) is 33.9 Å². The van der Waals surface area contributed by atoms with Gasteiger partial charge in [-0.15, -0.1) is 24.0 Å². The second kappa shape index (κ2) is 13.0. The first-order valence-electron chi connectivity index (χ1n) is 8.08. The molecule has 0 heterocycles. The number of rotatable bonds is 9. The van der Waals surface area contributed by atoms with E-state index in [0.29, 0.717) is 25.7 Å². The monoisotopic (exact) mass is 489 g/mol. The molecule has 0 fully saturated rings. The van der Waals surface area contributed by atoms with Crippen molar-refractivity contribution >= 4 is 29.9 Å². The first kappa shape index (κ1) is 24.8. The molecule has 0 bridgehead atoms. The summed E-state index contributed by atoms with van der Waals surface area (Å²) in [6.45, 7) is 3.29. The number of ether oxygens (including phenoxy) is 2. The SMILES string of the molecule is CN=C(NCCC(F)(F)F)NCc1ccc(C)cc1OCCCOC.I. The molecule has 5 nitrogen and oxygen atoms in total. The second-order valence-electron chi connectivity index (χ2n) is 5.52. The fourth-order valence-electron chi connectivity index (χ4n) is 2.05. The van der Waals surface area contributed by atoms with Gasteiger partial charge in [-0.3, -0.25) is 4.99 Å². The maximum absolute atomic E-state index is 12.2. The second-order valence-corrected chi connectivity index (χ2v) is 5.52. The summed E-state index contributed by atoms with van der Waals surface area (Å²) in [5.74, 6) is 1.06. The molecule has 0 saturated heterocycles. The Balaban J connectivity index is 0.00000625. The van der Waals surface area contributed by atoms with Crippen LogP contribution in [0.25, 0.3) is 0 Å². The fraction of sp³-hybridized carbons (Fsp3) is 0.588. The lowest BCUT2D eigenvalue weighted by atomic mass is 10.1. The van der Waals surface area contributed by atoms with E-state index in [4.69, 9.17) is 9.47 Å². The number of nitrogens with one attached hydrogen (secondary N) is 2. The van der Waals surface area contributed by atoms with E-state index in [0.717, 1.165) is 23.3 Å². The van der Waals surface area contributed by atoms with Crippen LogP contribution in [0.4, 0.5) is 13.2 Å². The molecule has 2 N–H and O–H groups in total. The number of nitrogens with zero attached hydrogens (tertiary/aromatic N) is 1. The van der Waals surface area contributed by atoms with Gasteiger partial charge in [0.25, 0.3) is 0 Å². The topological polar surface area (TPSA) is 54.9 Å². The Hall–Kier alpha value is -1.23. The molecule has 0 aliphatic rings. The molecule has 150 valence electrons. The van der Waals surface area contributed by atoms with Crippen molar-refractivity contribution in [3.63, 3.8) is 0 Å². The Labute approximate surface area is 169 Å². The van der Waals surface area contributed by atoms with Gasteiger partial charge in [0.15, 0.2) is 5.96 Å². The zero-order valence-electron chi connectivity index (χ0n) is 15.3. The van der Waals surface area contributed by atoms with Crippen LogP contribution in [0, 0.1) is 6.92 Å². The third kappa shape index (κ3) is 10.7. The maximum atomic E-state index is 12.2. The third-order valence-electron chi connectivity index (χ3n) is 3.34. The smallest absolute Gasteiger partial charge is 0.390 e. The van der Waals surface area contributed by atoms with Crippen molar-refractivity contribution in [3.8, 4) is 5.75 Å². The van der Waals surface area contributed by atoms with Crippen LogP contribution in [0.15, 0.2) is 23.2 Å². The van der Waals surface area contributed by atoms with E-state index >= 15 is 0 Å². The molecule has 0 aromatic heterocycles. The van der Waals surface area contributed by atoms with Gasteiger partial charge in [-0.1, -0.05) is 12.1 Å². The van der Waals surface area contributed by atoms with E-state index in [1.165, 1.54) is 7.05 Å². The molecular weight excluding hydrogens is 462 g/mol. The molecule has 0 saturated carbocycles. The van der Waals surface area contributed by atoms with Gasteiger partial charge < -0.3 is 20.1 Å². The fourth-order valence-corrected chi connectivity index (χ4v) is 2.05. The molecule has 1 rings (SSSR count). The van der Waals surface area contributed by atoms with Crippen molar-refractivity contribution in [2.45, 2.75) is 32.5 Å². The molecule has 0 unspecified atom stereocenters. The Bertz CT molecular complexity index is 555. The number of guanidine groups is 1. The normalized spacial score (nSPS) is 11.7. The minimum absolute atomic E-state index is 0. The third-order valence-corrected chi connectivity index (χ3v) is 3.34. The Morgan fingerprint density at radius 2 is 1.92 bits per heavy atom. The number of hydrogen-bond acceptors (Lipinski definition) is 3. The molecular formula is C17H27F3IN3O2. The number of halogens is 4. The van der Waals surface area contributed by atoms with Gasteiger partial charge in [0.2, 0.25) is 0 Å². The van der Waals surface area contributed by atoms with Gasteiger partial charge in [0.05, 0.1) is 13.0 Å². The van der Waals surface area contributed by atoms with E-state index in [1.54, 1.807) is 7.11 Å². The quantitative estimate of drug-likeness (QED) is 0.241. The van der Waals surface area contributed by atoms with E-state index in [2.05, 4.69) is 15.6 Å². The van der Waals surface area contributed by atoms with Crippen LogP contribution in [-0.4, -0.2) is 46.1 Å². The van der Waals surface area contributed by atoms with Crippen molar-refractivity contribution in [1.29, 1.82) is 0 Å².